The second kappa shape index (κ2) is 6.86. The molecule has 0 saturated heterocycles. The van der Waals surface area contributed by atoms with Gasteiger partial charge in [0, 0.05) is 11.6 Å². The number of amides is 1. The zero-order valence-electron chi connectivity index (χ0n) is 13.0. The fourth-order valence-corrected chi connectivity index (χ4v) is 4.22. The molecule has 120 valence electrons. The first-order valence-electron chi connectivity index (χ1n) is 8.26. The van der Waals surface area contributed by atoms with Crippen molar-refractivity contribution in [2.24, 2.45) is 0 Å². The lowest BCUT2D eigenvalue weighted by Crippen LogP contribution is -2.38. The molecule has 0 aromatic carbocycles. The number of aryl methyl sites for hydroxylation is 1. The first kappa shape index (κ1) is 15.6. The van der Waals surface area contributed by atoms with Crippen molar-refractivity contribution in [1.82, 2.24) is 15.3 Å². The summed E-state index contributed by atoms with van der Waals surface area (Å²) in [4.78, 5) is 31.8. The van der Waals surface area contributed by atoms with E-state index in [4.69, 9.17) is 0 Å². The number of aromatic nitrogens is 2. The Bertz CT molecular complexity index is 608. The second-order valence-corrected chi connectivity index (χ2v) is 7.35. The number of H-pyrrole nitrogens is 1. The number of rotatable bonds is 5. The van der Waals surface area contributed by atoms with Crippen LogP contribution in [0.25, 0.3) is 0 Å². The van der Waals surface area contributed by atoms with E-state index >= 15 is 0 Å². The van der Waals surface area contributed by atoms with Crippen LogP contribution in [0.4, 0.5) is 0 Å². The third-order valence-corrected chi connectivity index (χ3v) is 5.79. The summed E-state index contributed by atoms with van der Waals surface area (Å²) in [5, 5.41) is 3.53. The molecule has 1 fully saturated rings. The third kappa shape index (κ3) is 3.37. The standard InChI is InChI=1S/C16H23N3O2S/c1-2-13(15(21)17-10-6-3-4-7-10)22-16-18-12-9-5-8-11(12)14(20)19-16/h10,13H,2-9H2,1H3,(H,17,21)(H,18,19,20). The number of carbonyl (C=O) groups is 1. The Labute approximate surface area is 134 Å². The normalized spacial score (nSPS) is 19.1. The number of thioether (sulfide) groups is 1. The summed E-state index contributed by atoms with van der Waals surface area (Å²) < 4.78 is 0. The van der Waals surface area contributed by atoms with Crippen molar-refractivity contribution in [3.05, 3.63) is 21.6 Å². The second-order valence-electron chi connectivity index (χ2n) is 6.15. The van der Waals surface area contributed by atoms with Crippen LogP contribution >= 0.6 is 11.8 Å². The SMILES string of the molecule is CCC(Sc1nc2c(c(=O)[nH]1)CCC2)C(=O)NC1CCCC1. The van der Waals surface area contributed by atoms with Crippen LogP contribution < -0.4 is 10.9 Å². The van der Waals surface area contributed by atoms with E-state index in [-0.39, 0.29) is 16.7 Å². The topological polar surface area (TPSA) is 74.8 Å². The van der Waals surface area contributed by atoms with Gasteiger partial charge in [-0.3, -0.25) is 9.59 Å². The van der Waals surface area contributed by atoms with Crippen molar-refractivity contribution in [3.8, 4) is 0 Å². The molecule has 0 radical (unpaired) electrons. The van der Waals surface area contributed by atoms with E-state index in [1.807, 2.05) is 6.92 Å². The van der Waals surface area contributed by atoms with Crippen LogP contribution in [0.3, 0.4) is 0 Å². The summed E-state index contributed by atoms with van der Waals surface area (Å²) in [6.45, 7) is 2.00. The smallest absolute Gasteiger partial charge is 0.254 e. The Kier molecular flexibility index (Phi) is 4.86. The molecule has 0 bridgehead atoms. The van der Waals surface area contributed by atoms with Crippen molar-refractivity contribution >= 4 is 17.7 Å². The first-order valence-corrected chi connectivity index (χ1v) is 9.14. The minimum absolute atomic E-state index is 0.0314. The molecule has 2 N–H and O–H groups in total. The molecule has 1 aromatic rings. The molecule has 2 aliphatic carbocycles. The van der Waals surface area contributed by atoms with Gasteiger partial charge in [-0.2, -0.15) is 0 Å². The molecule has 6 heteroatoms. The quantitative estimate of drug-likeness (QED) is 0.644. The van der Waals surface area contributed by atoms with Gasteiger partial charge in [0.15, 0.2) is 5.16 Å². The Balaban J connectivity index is 1.68. The zero-order chi connectivity index (χ0) is 15.5. The van der Waals surface area contributed by atoms with Gasteiger partial charge in [-0.15, -0.1) is 0 Å². The Morgan fingerprint density at radius 2 is 2.14 bits per heavy atom. The van der Waals surface area contributed by atoms with Gasteiger partial charge < -0.3 is 10.3 Å². The van der Waals surface area contributed by atoms with Gasteiger partial charge in [-0.05, 0) is 38.5 Å². The van der Waals surface area contributed by atoms with Crippen LogP contribution in [0.15, 0.2) is 9.95 Å². The predicted octanol–water partition coefficient (Wildman–Crippen LogP) is 2.19. The minimum atomic E-state index is -0.191. The zero-order valence-corrected chi connectivity index (χ0v) is 13.8. The number of nitrogens with zero attached hydrogens (tertiary/aromatic N) is 1. The number of hydrogen-bond donors (Lipinski definition) is 2. The van der Waals surface area contributed by atoms with Gasteiger partial charge in [0.05, 0.1) is 10.9 Å². The molecule has 22 heavy (non-hydrogen) atoms. The summed E-state index contributed by atoms with van der Waals surface area (Å²) in [6.07, 6.45) is 7.99. The van der Waals surface area contributed by atoms with Gasteiger partial charge in [-0.25, -0.2) is 4.98 Å². The Morgan fingerprint density at radius 3 is 2.86 bits per heavy atom. The lowest BCUT2D eigenvalue weighted by Gasteiger charge is -2.18. The fraction of sp³-hybridized carbons (Fsp3) is 0.688. The maximum Gasteiger partial charge on any atom is 0.254 e. The van der Waals surface area contributed by atoms with E-state index in [9.17, 15) is 9.59 Å². The number of hydrogen-bond acceptors (Lipinski definition) is 4. The molecule has 2 aliphatic rings. The van der Waals surface area contributed by atoms with E-state index in [1.165, 1.54) is 24.6 Å². The van der Waals surface area contributed by atoms with Gasteiger partial charge in [0.1, 0.15) is 0 Å². The highest BCUT2D eigenvalue weighted by molar-refractivity contribution is 8.00. The third-order valence-electron chi connectivity index (χ3n) is 4.54. The number of fused-ring (bicyclic) bond motifs is 1. The first-order chi connectivity index (χ1) is 10.7. The van der Waals surface area contributed by atoms with Crippen LogP contribution in [0.1, 0.15) is 56.7 Å². The summed E-state index contributed by atoms with van der Waals surface area (Å²) in [5.41, 5.74) is 1.71. The van der Waals surface area contributed by atoms with E-state index in [0.717, 1.165) is 49.8 Å². The Morgan fingerprint density at radius 1 is 1.36 bits per heavy atom. The number of nitrogens with one attached hydrogen (secondary N) is 2. The highest BCUT2D eigenvalue weighted by Gasteiger charge is 2.25. The summed E-state index contributed by atoms with van der Waals surface area (Å²) in [5.74, 6) is 0.0718. The van der Waals surface area contributed by atoms with Crippen molar-refractivity contribution in [3.63, 3.8) is 0 Å². The van der Waals surface area contributed by atoms with Crippen LogP contribution in [0.5, 0.6) is 0 Å². The molecular weight excluding hydrogens is 298 g/mol. The predicted molar refractivity (Wildman–Crippen MR) is 87.2 cm³/mol. The molecule has 1 amide bonds. The van der Waals surface area contributed by atoms with Crippen LogP contribution in [0.2, 0.25) is 0 Å². The van der Waals surface area contributed by atoms with Crippen LogP contribution in [0, 0.1) is 0 Å². The van der Waals surface area contributed by atoms with Gasteiger partial charge in [0.2, 0.25) is 5.91 Å². The molecule has 0 spiro atoms. The van der Waals surface area contributed by atoms with Crippen LogP contribution in [-0.4, -0.2) is 27.2 Å². The molecule has 1 aromatic heterocycles. The van der Waals surface area contributed by atoms with Crippen molar-refractivity contribution in [2.45, 2.75) is 74.7 Å². The lowest BCUT2D eigenvalue weighted by atomic mass is 10.2. The van der Waals surface area contributed by atoms with E-state index in [1.54, 1.807) is 0 Å². The molecular formula is C16H23N3O2S. The average molecular weight is 321 g/mol. The number of aromatic amines is 1. The summed E-state index contributed by atoms with van der Waals surface area (Å²) >= 11 is 1.38. The van der Waals surface area contributed by atoms with Crippen molar-refractivity contribution in [2.75, 3.05) is 0 Å². The summed E-state index contributed by atoms with van der Waals surface area (Å²) in [6, 6.07) is 0.328. The maximum atomic E-state index is 12.4. The van der Waals surface area contributed by atoms with Gasteiger partial charge >= 0.3 is 0 Å². The fourth-order valence-electron chi connectivity index (χ4n) is 3.30. The lowest BCUT2D eigenvalue weighted by molar-refractivity contribution is -0.121. The Hall–Kier alpha value is -1.30. The van der Waals surface area contributed by atoms with E-state index in [0.29, 0.717) is 11.2 Å². The van der Waals surface area contributed by atoms with Gasteiger partial charge in [-0.1, -0.05) is 31.5 Å². The molecule has 1 atom stereocenters. The molecule has 0 aliphatic heterocycles. The highest BCUT2D eigenvalue weighted by atomic mass is 32.2. The molecule has 1 heterocycles. The maximum absolute atomic E-state index is 12.4. The molecule has 5 nitrogen and oxygen atoms in total. The van der Waals surface area contributed by atoms with Gasteiger partial charge in [0.25, 0.3) is 5.56 Å². The van der Waals surface area contributed by atoms with Crippen molar-refractivity contribution in [1.29, 1.82) is 0 Å². The monoisotopic (exact) mass is 321 g/mol. The van der Waals surface area contributed by atoms with Crippen molar-refractivity contribution < 1.29 is 4.79 Å². The average Bonchev–Trinajstić information content (AvgIpc) is 3.15. The summed E-state index contributed by atoms with van der Waals surface area (Å²) in [7, 11) is 0. The number of carbonyl (C=O) groups excluding carboxylic acids is 1. The molecule has 1 unspecified atom stereocenters. The van der Waals surface area contributed by atoms with E-state index in [2.05, 4.69) is 15.3 Å². The van der Waals surface area contributed by atoms with E-state index < -0.39 is 0 Å². The molecule has 3 rings (SSSR count). The largest absolute Gasteiger partial charge is 0.352 e. The van der Waals surface area contributed by atoms with Crippen LogP contribution in [-0.2, 0) is 17.6 Å². The minimum Gasteiger partial charge on any atom is -0.352 e. The highest BCUT2D eigenvalue weighted by Crippen LogP contribution is 2.25. The molecule has 1 saturated carbocycles.